The number of aromatic nitrogens is 2. The maximum absolute atomic E-state index is 12.4. The van der Waals surface area contributed by atoms with Crippen molar-refractivity contribution in [2.45, 2.75) is 13.5 Å². The van der Waals surface area contributed by atoms with Gasteiger partial charge < -0.3 is 15.6 Å². The van der Waals surface area contributed by atoms with Crippen LogP contribution in [0, 0.1) is 18.8 Å². The van der Waals surface area contributed by atoms with Gasteiger partial charge >= 0.3 is 0 Å². The van der Waals surface area contributed by atoms with E-state index in [0.29, 0.717) is 18.7 Å². The van der Waals surface area contributed by atoms with Crippen LogP contribution in [0.15, 0.2) is 30.6 Å². The molecule has 0 atom stereocenters. The number of nitrogens with zero attached hydrogens (tertiary/aromatic N) is 2. The molecule has 21 heavy (non-hydrogen) atoms. The lowest BCUT2D eigenvalue weighted by atomic mass is 10.0. The molecule has 2 rings (SSSR count). The fourth-order valence-corrected chi connectivity index (χ4v) is 1.98. The number of nitrogens with one attached hydrogen (secondary N) is 1. The van der Waals surface area contributed by atoms with E-state index >= 15 is 0 Å². The average Bonchev–Trinajstić information content (AvgIpc) is 2.98. The van der Waals surface area contributed by atoms with Crippen LogP contribution in [0.4, 0.5) is 0 Å². The van der Waals surface area contributed by atoms with Crippen LogP contribution in [0.1, 0.15) is 27.3 Å². The van der Waals surface area contributed by atoms with Crippen LogP contribution in [0.25, 0.3) is 0 Å². The molecule has 5 nitrogen and oxygen atoms in total. The van der Waals surface area contributed by atoms with Gasteiger partial charge in [0.1, 0.15) is 5.82 Å². The van der Waals surface area contributed by atoms with Crippen LogP contribution >= 0.6 is 0 Å². The van der Waals surface area contributed by atoms with Gasteiger partial charge in [0.25, 0.3) is 5.91 Å². The number of imidazole rings is 1. The molecule has 1 aromatic heterocycles. The lowest BCUT2D eigenvalue weighted by Gasteiger charge is -2.16. The highest BCUT2D eigenvalue weighted by molar-refractivity contribution is 5.94. The molecule has 1 aromatic carbocycles. The Morgan fingerprint density at radius 3 is 2.90 bits per heavy atom. The Balaban J connectivity index is 2.14. The predicted octanol–water partition coefficient (Wildman–Crippen LogP) is 1.30. The number of benzene rings is 1. The second kappa shape index (κ2) is 6.73. The fraction of sp³-hybridized carbons (Fsp3) is 0.250. The van der Waals surface area contributed by atoms with Crippen molar-refractivity contribution in [3.8, 4) is 11.8 Å². The molecule has 108 valence electrons. The first kappa shape index (κ1) is 14.8. The SMILES string of the molecule is Cc1cc(C(=O)N(C)Cc2ncc[nH]2)ccc1C#CCN. The van der Waals surface area contributed by atoms with Gasteiger partial charge in [0.15, 0.2) is 0 Å². The number of aromatic amines is 1. The summed E-state index contributed by atoms with van der Waals surface area (Å²) in [6.45, 7) is 2.70. The molecule has 0 unspecified atom stereocenters. The van der Waals surface area contributed by atoms with E-state index in [9.17, 15) is 4.79 Å². The second-order valence-electron chi connectivity index (χ2n) is 4.73. The zero-order valence-electron chi connectivity index (χ0n) is 12.2. The minimum atomic E-state index is -0.0483. The van der Waals surface area contributed by atoms with Gasteiger partial charge in [-0.05, 0) is 30.7 Å². The number of carbonyl (C=O) groups excluding carboxylic acids is 1. The summed E-state index contributed by atoms with van der Waals surface area (Å²) in [6, 6.07) is 5.49. The summed E-state index contributed by atoms with van der Waals surface area (Å²) in [5, 5.41) is 0. The van der Waals surface area contributed by atoms with Crippen molar-refractivity contribution in [3.05, 3.63) is 53.1 Å². The van der Waals surface area contributed by atoms with Crippen molar-refractivity contribution in [2.75, 3.05) is 13.6 Å². The zero-order valence-corrected chi connectivity index (χ0v) is 12.2. The van der Waals surface area contributed by atoms with Crippen LogP contribution in [-0.4, -0.2) is 34.4 Å². The van der Waals surface area contributed by atoms with E-state index in [1.807, 2.05) is 19.1 Å². The molecular weight excluding hydrogens is 264 g/mol. The number of carbonyl (C=O) groups is 1. The van der Waals surface area contributed by atoms with Crippen molar-refractivity contribution in [3.63, 3.8) is 0 Å². The van der Waals surface area contributed by atoms with Crippen LogP contribution in [0.5, 0.6) is 0 Å². The molecule has 0 radical (unpaired) electrons. The molecule has 0 spiro atoms. The number of H-pyrrole nitrogens is 1. The summed E-state index contributed by atoms with van der Waals surface area (Å²) in [4.78, 5) is 21.1. The van der Waals surface area contributed by atoms with Crippen molar-refractivity contribution >= 4 is 5.91 Å². The third-order valence-electron chi connectivity index (χ3n) is 3.09. The predicted molar refractivity (Wildman–Crippen MR) is 81.5 cm³/mol. The van der Waals surface area contributed by atoms with Gasteiger partial charge in [0.2, 0.25) is 0 Å². The topological polar surface area (TPSA) is 75.0 Å². The first-order valence-corrected chi connectivity index (χ1v) is 6.65. The van der Waals surface area contributed by atoms with E-state index in [2.05, 4.69) is 21.8 Å². The van der Waals surface area contributed by atoms with Crippen molar-refractivity contribution < 1.29 is 4.79 Å². The van der Waals surface area contributed by atoms with Gasteiger partial charge in [0, 0.05) is 30.6 Å². The van der Waals surface area contributed by atoms with Crippen LogP contribution in [0.2, 0.25) is 0 Å². The van der Waals surface area contributed by atoms with Gasteiger partial charge in [-0.1, -0.05) is 11.8 Å². The standard InChI is InChI=1S/C16H18N4O/c1-12-10-14(6-5-13(12)4-3-7-17)16(21)20(2)11-15-18-8-9-19-15/h5-6,8-10H,7,11,17H2,1-2H3,(H,18,19). The van der Waals surface area contributed by atoms with E-state index in [1.165, 1.54) is 0 Å². The van der Waals surface area contributed by atoms with E-state index in [0.717, 1.165) is 17.0 Å². The molecule has 0 aliphatic carbocycles. The molecule has 0 saturated carbocycles. The fourth-order valence-electron chi connectivity index (χ4n) is 1.98. The van der Waals surface area contributed by atoms with Gasteiger partial charge in [0.05, 0.1) is 13.1 Å². The van der Waals surface area contributed by atoms with Crippen molar-refractivity contribution in [1.82, 2.24) is 14.9 Å². The number of amides is 1. The second-order valence-corrected chi connectivity index (χ2v) is 4.73. The highest BCUT2D eigenvalue weighted by Gasteiger charge is 2.13. The minimum Gasteiger partial charge on any atom is -0.347 e. The van der Waals surface area contributed by atoms with Crippen LogP contribution in [0.3, 0.4) is 0 Å². The summed E-state index contributed by atoms with van der Waals surface area (Å²) < 4.78 is 0. The molecule has 0 fully saturated rings. The van der Waals surface area contributed by atoms with E-state index in [1.54, 1.807) is 30.4 Å². The van der Waals surface area contributed by atoms with Gasteiger partial charge in [-0.15, -0.1) is 0 Å². The molecule has 2 aromatic rings. The molecule has 0 bridgehead atoms. The summed E-state index contributed by atoms with van der Waals surface area (Å²) in [6.07, 6.45) is 3.41. The van der Waals surface area contributed by atoms with Gasteiger partial charge in [-0.3, -0.25) is 4.79 Å². The Hall–Kier alpha value is -2.58. The number of rotatable bonds is 3. The molecule has 0 saturated heterocycles. The van der Waals surface area contributed by atoms with E-state index in [-0.39, 0.29) is 5.91 Å². The quantitative estimate of drug-likeness (QED) is 0.833. The number of aryl methyl sites for hydroxylation is 1. The Morgan fingerprint density at radius 2 is 2.29 bits per heavy atom. The highest BCUT2D eigenvalue weighted by atomic mass is 16.2. The smallest absolute Gasteiger partial charge is 0.254 e. The monoisotopic (exact) mass is 282 g/mol. The Kier molecular flexibility index (Phi) is 4.75. The molecule has 1 heterocycles. The first-order valence-electron chi connectivity index (χ1n) is 6.65. The van der Waals surface area contributed by atoms with Crippen LogP contribution in [-0.2, 0) is 6.54 Å². The first-order chi connectivity index (χ1) is 10.1. The lowest BCUT2D eigenvalue weighted by molar-refractivity contribution is 0.0782. The molecule has 0 aliphatic rings. The van der Waals surface area contributed by atoms with E-state index in [4.69, 9.17) is 5.73 Å². The molecule has 3 N–H and O–H groups in total. The van der Waals surface area contributed by atoms with Gasteiger partial charge in [-0.2, -0.15) is 0 Å². The van der Waals surface area contributed by atoms with Gasteiger partial charge in [-0.25, -0.2) is 4.98 Å². The number of nitrogens with two attached hydrogens (primary N) is 1. The zero-order chi connectivity index (χ0) is 15.2. The summed E-state index contributed by atoms with van der Waals surface area (Å²) in [5.41, 5.74) is 7.86. The van der Waals surface area contributed by atoms with Crippen molar-refractivity contribution in [1.29, 1.82) is 0 Å². The number of hydrogen-bond acceptors (Lipinski definition) is 3. The summed E-state index contributed by atoms with van der Waals surface area (Å²) in [5.74, 6) is 6.52. The summed E-state index contributed by atoms with van der Waals surface area (Å²) in [7, 11) is 1.75. The third kappa shape index (κ3) is 3.71. The number of hydrogen-bond donors (Lipinski definition) is 2. The molecule has 1 amide bonds. The minimum absolute atomic E-state index is 0.0483. The average molecular weight is 282 g/mol. The van der Waals surface area contributed by atoms with E-state index < -0.39 is 0 Å². The van der Waals surface area contributed by atoms with Crippen LogP contribution < -0.4 is 5.73 Å². The molecule has 5 heteroatoms. The Labute approximate surface area is 124 Å². The Morgan fingerprint density at radius 1 is 1.48 bits per heavy atom. The van der Waals surface area contributed by atoms with Crippen molar-refractivity contribution in [2.24, 2.45) is 5.73 Å². The lowest BCUT2D eigenvalue weighted by Crippen LogP contribution is -2.26. The third-order valence-corrected chi connectivity index (χ3v) is 3.09. The summed E-state index contributed by atoms with van der Waals surface area (Å²) >= 11 is 0. The maximum Gasteiger partial charge on any atom is 0.254 e. The Bertz CT molecular complexity index is 680. The molecule has 0 aliphatic heterocycles. The molecular formula is C16H18N4O. The normalized spacial score (nSPS) is 9.86. The highest BCUT2D eigenvalue weighted by Crippen LogP contribution is 2.12. The maximum atomic E-state index is 12.4. The largest absolute Gasteiger partial charge is 0.347 e.